The zero-order valence-corrected chi connectivity index (χ0v) is 18.0. The van der Waals surface area contributed by atoms with Gasteiger partial charge in [0.2, 0.25) is 11.8 Å². The average molecular weight is 439 g/mol. The molecule has 0 radical (unpaired) electrons. The molecule has 32 heavy (non-hydrogen) atoms. The third kappa shape index (κ3) is 3.98. The number of ether oxygens (including phenoxy) is 2. The van der Waals surface area contributed by atoms with Crippen molar-refractivity contribution in [2.75, 3.05) is 24.4 Å². The number of imide groups is 1. The first-order chi connectivity index (χ1) is 15.4. The quantitative estimate of drug-likeness (QED) is 0.396. The smallest absolute Gasteiger partial charge is 0.294 e. The third-order valence-corrected chi connectivity index (χ3v) is 6.17. The first kappa shape index (κ1) is 21.6. The fraction of sp³-hybridized carbons (Fsp3) is 0.391. The molecule has 2 fully saturated rings. The number of hydrogen-bond acceptors (Lipinski definition) is 7. The van der Waals surface area contributed by atoms with Gasteiger partial charge in [0.05, 0.1) is 36.7 Å². The minimum atomic E-state index is -0.518. The summed E-state index contributed by atoms with van der Waals surface area (Å²) in [6.45, 7) is 0.291. The Morgan fingerprint density at radius 2 is 1.59 bits per heavy atom. The van der Waals surface area contributed by atoms with Crippen molar-refractivity contribution < 1.29 is 24.0 Å². The summed E-state index contributed by atoms with van der Waals surface area (Å²) < 4.78 is 10.5. The number of anilines is 2. The molecular weight excluding hydrogens is 414 g/mol. The van der Waals surface area contributed by atoms with Crippen molar-refractivity contribution in [3.63, 3.8) is 0 Å². The number of methoxy groups -OCH3 is 2. The zero-order valence-electron chi connectivity index (χ0n) is 18.0. The van der Waals surface area contributed by atoms with Gasteiger partial charge in [0.25, 0.3) is 5.69 Å². The molecule has 1 aliphatic carbocycles. The number of nitrogens with zero attached hydrogens (tertiary/aromatic N) is 2. The molecule has 2 amide bonds. The van der Waals surface area contributed by atoms with Crippen LogP contribution in [0.25, 0.3) is 0 Å². The molecule has 1 saturated carbocycles. The Kier molecular flexibility index (Phi) is 5.98. The van der Waals surface area contributed by atoms with Crippen molar-refractivity contribution in [2.24, 2.45) is 11.8 Å². The van der Waals surface area contributed by atoms with Gasteiger partial charge in [0, 0.05) is 18.7 Å². The van der Waals surface area contributed by atoms with E-state index < -0.39 is 4.92 Å². The molecule has 9 nitrogen and oxygen atoms in total. The lowest BCUT2D eigenvalue weighted by Crippen LogP contribution is -2.30. The van der Waals surface area contributed by atoms with E-state index in [0.717, 1.165) is 23.3 Å². The van der Waals surface area contributed by atoms with E-state index in [-0.39, 0.29) is 40.7 Å². The lowest BCUT2D eigenvalue weighted by molar-refractivity contribution is -0.383. The standard InChI is InChI=1S/C23H25N3O6/c1-31-16-9-14(10-17(12-16)32-2)13-24-20-8-7-15(11-21(20)26(29)30)25-22(27)18-5-3-4-6-19(18)23(25)28/h7-12,18-19,24H,3-6,13H2,1-2H3/t18-,19+. The van der Waals surface area contributed by atoms with Gasteiger partial charge >= 0.3 is 0 Å². The summed E-state index contributed by atoms with van der Waals surface area (Å²) in [6, 6.07) is 9.75. The fourth-order valence-corrected chi connectivity index (χ4v) is 4.54. The summed E-state index contributed by atoms with van der Waals surface area (Å²) in [5, 5.41) is 14.8. The second-order valence-electron chi connectivity index (χ2n) is 8.04. The molecule has 1 saturated heterocycles. The summed E-state index contributed by atoms with van der Waals surface area (Å²) in [4.78, 5) is 38.1. The minimum Gasteiger partial charge on any atom is -0.497 e. The lowest BCUT2D eigenvalue weighted by atomic mass is 9.81. The molecule has 0 spiro atoms. The number of carbonyl (C=O) groups is 2. The number of nitro groups is 1. The van der Waals surface area contributed by atoms with Gasteiger partial charge in [-0.3, -0.25) is 19.7 Å². The van der Waals surface area contributed by atoms with Crippen molar-refractivity contribution in [3.05, 3.63) is 52.1 Å². The summed E-state index contributed by atoms with van der Waals surface area (Å²) in [5.74, 6) is 0.0979. The Morgan fingerprint density at radius 1 is 1.00 bits per heavy atom. The summed E-state index contributed by atoms with van der Waals surface area (Å²) in [6.07, 6.45) is 3.23. The molecule has 1 heterocycles. The molecule has 1 aliphatic heterocycles. The molecule has 4 rings (SSSR count). The second-order valence-corrected chi connectivity index (χ2v) is 8.04. The predicted molar refractivity (Wildman–Crippen MR) is 118 cm³/mol. The minimum absolute atomic E-state index is 0.201. The third-order valence-electron chi connectivity index (χ3n) is 6.17. The van der Waals surface area contributed by atoms with Crippen LogP contribution in [0.3, 0.4) is 0 Å². The van der Waals surface area contributed by atoms with Gasteiger partial charge in [-0.05, 0) is 42.7 Å². The van der Waals surface area contributed by atoms with E-state index >= 15 is 0 Å². The van der Waals surface area contributed by atoms with Gasteiger partial charge in [-0.25, -0.2) is 4.90 Å². The Morgan fingerprint density at radius 3 is 2.12 bits per heavy atom. The molecule has 2 atom stereocenters. The maximum Gasteiger partial charge on any atom is 0.294 e. The van der Waals surface area contributed by atoms with E-state index in [0.29, 0.717) is 30.9 Å². The molecule has 168 valence electrons. The maximum absolute atomic E-state index is 12.8. The largest absolute Gasteiger partial charge is 0.497 e. The molecule has 0 bridgehead atoms. The normalized spacial score (nSPS) is 20.1. The number of benzene rings is 2. The highest BCUT2D eigenvalue weighted by molar-refractivity contribution is 6.22. The van der Waals surface area contributed by atoms with E-state index in [4.69, 9.17) is 9.47 Å². The van der Waals surface area contributed by atoms with E-state index in [1.807, 2.05) is 0 Å². The van der Waals surface area contributed by atoms with Crippen LogP contribution in [-0.2, 0) is 16.1 Å². The van der Waals surface area contributed by atoms with E-state index in [1.165, 1.54) is 12.1 Å². The van der Waals surface area contributed by atoms with E-state index in [9.17, 15) is 19.7 Å². The topological polar surface area (TPSA) is 111 Å². The number of amides is 2. The summed E-state index contributed by atoms with van der Waals surface area (Å²) in [7, 11) is 3.10. The van der Waals surface area contributed by atoms with Crippen LogP contribution in [0.4, 0.5) is 17.1 Å². The number of carbonyl (C=O) groups excluding carboxylic acids is 2. The van der Waals surface area contributed by atoms with Crippen LogP contribution in [0, 0.1) is 22.0 Å². The zero-order chi connectivity index (χ0) is 22.8. The van der Waals surface area contributed by atoms with Gasteiger partial charge in [0.1, 0.15) is 17.2 Å². The maximum atomic E-state index is 12.8. The number of nitrogens with one attached hydrogen (secondary N) is 1. The molecule has 1 N–H and O–H groups in total. The van der Waals surface area contributed by atoms with Crippen LogP contribution in [0.2, 0.25) is 0 Å². The van der Waals surface area contributed by atoms with Crippen LogP contribution in [0.15, 0.2) is 36.4 Å². The SMILES string of the molecule is COc1cc(CNc2ccc(N3C(=O)[C@H]4CCCC[C@H]4C3=O)cc2[N+](=O)[O-])cc(OC)c1. The second kappa shape index (κ2) is 8.86. The van der Waals surface area contributed by atoms with Gasteiger partial charge in [0.15, 0.2) is 0 Å². The first-order valence-electron chi connectivity index (χ1n) is 10.5. The van der Waals surface area contributed by atoms with E-state index in [1.54, 1.807) is 38.5 Å². The van der Waals surface area contributed by atoms with Gasteiger partial charge < -0.3 is 14.8 Å². The molecule has 0 unspecified atom stereocenters. The van der Waals surface area contributed by atoms with Gasteiger partial charge in [-0.15, -0.1) is 0 Å². The summed E-state index contributed by atoms with van der Waals surface area (Å²) >= 11 is 0. The van der Waals surface area contributed by atoms with Crippen molar-refractivity contribution >= 4 is 28.9 Å². The van der Waals surface area contributed by atoms with Crippen molar-refractivity contribution in [2.45, 2.75) is 32.2 Å². The fourth-order valence-electron chi connectivity index (χ4n) is 4.54. The Bertz CT molecular complexity index is 1020. The highest BCUT2D eigenvalue weighted by Gasteiger charge is 2.49. The molecule has 2 aliphatic rings. The molecule has 0 aromatic heterocycles. The molecule has 9 heteroatoms. The lowest BCUT2D eigenvalue weighted by Gasteiger charge is -2.19. The summed E-state index contributed by atoms with van der Waals surface area (Å²) in [5.41, 5.74) is 1.15. The van der Waals surface area contributed by atoms with Gasteiger partial charge in [-0.2, -0.15) is 0 Å². The van der Waals surface area contributed by atoms with Crippen LogP contribution < -0.4 is 19.7 Å². The predicted octanol–water partition coefficient (Wildman–Crippen LogP) is 3.90. The highest BCUT2D eigenvalue weighted by atomic mass is 16.6. The number of hydrogen-bond donors (Lipinski definition) is 1. The van der Waals surface area contributed by atoms with Gasteiger partial charge in [-0.1, -0.05) is 12.8 Å². The Hall–Kier alpha value is -3.62. The number of nitro benzene ring substituents is 1. The monoisotopic (exact) mass is 439 g/mol. The number of fused-ring (bicyclic) bond motifs is 1. The van der Waals surface area contributed by atoms with Crippen LogP contribution in [0.5, 0.6) is 11.5 Å². The Balaban J connectivity index is 1.58. The highest BCUT2D eigenvalue weighted by Crippen LogP contribution is 2.41. The van der Waals surface area contributed by atoms with Crippen LogP contribution in [-0.4, -0.2) is 31.0 Å². The molecular formula is C23H25N3O6. The average Bonchev–Trinajstić information content (AvgIpc) is 3.07. The van der Waals surface area contributed by atoms with E-state index in [2.05, 4.69) is 5.32 Å². The molecule has 2 aromatic rings. The van der Waals surface area contributed by atoms with Crippen LogP contribution in [0.1, 0.15) is 31.2 Å². The first-order valence-corrected chi connectivity index (χ1v) is 10.5. The Labute approximate surface area is 185 Å². The van der Waals surface area contributed by atoms with Crippen molar-refractivity contribution in [1.29, 1.82) is 0 Å². The van der Waals surface area contributed by atoms with Crippen molar-refractivity contribution in [1.82, 2.24) is 0 Å². The molecule has 2 aromatic carbocycles. The van der Waals surface area contributed by atoms with Crippen molar-refractivity contribution in [3.8, 4) is 11.5 Å². The van der Waals surface area contributed by atoms with Crippen LogP contribution >= 0.6 is 0 Å². The number of rotatable bonds is 7.